The van der Waals surface area contributed by atoms with Crippen LogP contribution >= 0.6 is 0 Å². The standard InChI is InChI=1S/C10H14F3NO/c1-2-9(15)14-8-5-3-4-7(6-8)10(11,12)13/h2,7-8H,1,3-6H2,(H,14,15)/t7-,8+/m1/s1. The predicted octanol–water partition coefficient (Wildman–Crippen LogP) is 2.41. The highest BCUT2D eigenvalue weighted by Gasteiger charge is 2.42. The van der Waals surface area contributed by atoms with Gasteiger partial charge in [-0.3, -0.25) is 4.79 Å². The first-order valence-corrected chi connectivity index (χ1v) is 4.93. The van der Waals surface area contributed by atoms with Crippen LogP contribution in [0.1, 0.15) is 25.7 Å². The van der Waals surface area contributed by atoms with E-state index in [2.05, 4.69) is 11.9 Å². The van der Waals surface area contributed by atoms with Gasteiger partial charge in [0.25, 0.3) is 0 Å². The van der Waals surface area contributed by atoms with Crippen molar-refractivity contribution >= 4 is 5.91 Å². The lowest BCUT2D eigenvalue weighted by molar-refractivity contribution is -0.184. The third kappa shape index (κ3) is 3.57. The summed E-state index contributed by atoms with van der Waals surface area (Å²) >= 11 is 0. The minimum absolute atomic E-state index is 0.0108. The molecule has 2 atom stereocenters. The van der Waals surface area contributed by atoms with Gasteiger partial charge in [0, 0.05) is 6.04 Å². The minimum atomic E-state index is -4.14. The second kappa shape index (κ2) is 4.68. The first-order chi connectivity index (χ1) is 6.93. The summed E-state index contributed by atoms with van der Waals surface area (Å²) in [6.45, 7) is 3.26. The molecule has 2 nitrogen and oxygen atoms in total. The van der Waals surface area contributed by atoms with Gasteiger partial charge >= 0.3 is 6.18 Å². The summed E-state index contributed by atoms with van der Waals surface area (Å²) < 4.78 is 37.2. The first kappa shape index (κ1) is 12.1. The number of carbonyl (C=O) groups is 1. The van der Waals surface area contributed by atoms with E-state index in [1.54, 1.807) is 0 Å². The van der Waals surface area contributed by atoms with Crippen LogP contribution in [0, 0.1) is 5.92 Å². The Hall–Kier alpha value is -1.00. The molecule has 0 aliphatic heterocycles. The van der Waals surface area contributed by atoms with Crippen molar-refractivity contribution in [2.24, 2.45) is 5.92 Å². The van der Waals surface area contributed by atoms with E-state index in [4.69, 9.17) is 0 Å². The number of amides is 1. The molecule has 0 bridgehead atoms. The molecule has 1 fully saturated rings. The van der Waals surface area contributed by atoms with Gasteiger partial charge in [0.1, 0.15) is 0 Å². The lowest BCUT2D eigenvalue weighted by atomic mass is 9.85. The van der Waals surface area contributed by atoms with Crippen molar-refractivity contribution in [1.82, 2.24) is 5.32 Å². The van der Waals surface area contributed by atoms with E-state index in [1.165, 1.54) is 0 Å². The van der Waals surface area contributed by atoms with Crippen LogP contribution < -0.4 is 5.32 Å². The Morgan fingerprint density at radius 1 is 1.40 bits per heavy atom. The number of carbonyl (C=O) groups excluding carboxylic acids is 1. The Kier molecular flexibility index (Phi) is 3.77. The highest BCUT2D eigenvalue weighted by Crippen LogP contribution is 2.37. The van der Waals surface area contributed by atoms with Crippen LogP contribution in [0.3, 0.4) is 0 Å². The molecule has 1 amide bonds. The van der Waals surface area contributed by atoms with E-state index in [9.17, 15) is 18.0 Å². The average Bonchev–Trinajstić information content (AvgIpc) is 2.17. The van der Waals surface area contributed by atoms with E-state index >= 15 is 0 Å². The smallest absolute Gasteiger partial charge is 0.350 e. The van der Waals surface area contributed by atoms with Gasteiger partial charge in [-0.15, -0.1) is 0 Å². The third-order valence-electron chi connectivity index (χ3n) is 2.67. The van der Waals surface area contributed by atoms with Crippen LogP contribution in [0.5, 0.6) is 0 Å². The van der Waals surface area contributed by atoms with Crippen molar-refractivity contribution in [2.75, 3.05) is 0 Å². The molecule has 1 N–H and O–H groups in total. The van der Waals surface area contributed by atoms with Crippen molar-refractivity contribution in [2.45, 2.75) is 37.9 Å². The molecule has 1 aliphatic rings. The second-order valence-electron chi connectivity index (χ2n) is 3.81. The highest BCUT2D eigenvalue weighted by molar-refractivity contribution is 5.87. The molecule has 0 spiro atoms. The molecule has 0 saturated heterocycles. The van der Waals surface area contributed by atoms with Gasteiger partial charge in [-0.1, -0.05) is 13.0 Å². The van der Waals surface area contributed by atoms with Gasteiger partial charge in [-0.05, 0) is 25.3 Å². The number of hydrogen-bond acceptors (Lipinski definition) is 1. The number of nitrogens with one attached hydrogen (secondary N) is 1. The minimum Gasteiger partial charge on any atom is -0.350 e. The molecule has 86 valence electrons. The Bertz CT molecular complexity index is 250. The lowest BCUT2D eigenvalue weighted by Crippen LogP contribution is -2.40. The van der Waals surface area contributed by atoms with Crippen molar-refractivity contribution in [3.63, 3.8) is 0 Å². The van der Waals surface area contributed by atoms with Crippen molar-refractivity contribution < 1.29 is 18.0 Å². The molecular formula is C10H14F3NO. The fourth-order valence-electron chi connectivity index (χ4n) is 1.88. The number of alkyl halides is 3. The molecule has 0 radical (unpaired) electrons. The summed E-state index contributed by atoms with van der Waals surface area (Å²) in [6, 6.07) is -0.365. The van der Waals surface area contributed by atoms with Crippen LogP contribution in [0.25, 0.3) is 0 Å². The van der Waals surface area contributed by atoms with E-state index in [-0.39, 0.29) is 18.9 Å². The zero-order valence-electron chi connectivity index (χ0n) is 8.31. The molecule has 0 unspecified atom stereocenters. The summed E-state index contributed by atoms with van der Waals surface area (Å²) in [6.07, 6.45) is -1.78. The SMILES string of the molecule is C=CC(=O)N[C@H]1CCC[C@@H](C(F)(F)F)C1. The molecule has 0 heterocycles. The van der Waals surface area contributed by atoms with Crippen LogP contribution in [-0.2, 0) is 4.79 Å². The molecule has 5 heteroatoms. The zero-order valence-corrected chi connectivity index (χ0v) is 8.31. The lowest BCUT2D eigenvalue weighted by Gasteiger charge is -2.30. The maximum absolute atomic E-state index is 12.4. The monoisotopic (exact) mass is 221 g/mol. The summed E-state index contributed by atoms with van der Waals surface area (Å²) in [5.41, 5.74) is 0. The number of rotatable bonds is 2. The quantitative estimate of drug-likeness (QED) is 0.713. The molecule has 0 aromatic rings. The molecule has 1 rings (SSSR count). The van der Waals surface area contributed by atoms with Crippen LogP contribution in [0.2, 0.25) is 0 Å². The summed E-state index contributed by atoms with van der Waals surface area (Å²) in [5.74, 6) is -1.68. The van der Waals surface area contributed by atoms with Crippen LogP contribution in [0.15, 0.2) is 12.7 Å². The molecule has 0 aromatic carbocycles. The van der Waals surface area contributed by atoms with Gasteiger partial charge in [-0.2, -0.15) is 13.2 Å². The van der Waals surface area contributed by atoms with E-state index in [1.807, 2.05) is 0 Å². The molecular weight excluding hydrogens is 207 g/mol. The largest absolute Gasteiger partial charge is 0.391 e. The maximum Gasteiger partial charge on any atom is 0.391 e. The summed E-state index contributed by atoms with van der Waals surface area (Å²) in [4.78, 5) is 10.9. The van der Waals surface area contributed by atoms with Crippen LogP contribution in [0.4, 0.5) is 13.2 Å². The number of halogens is 3. The van der Waals surface area contributed by atoms with Crippen molar-refractivity contribution in [1.29, 1.82) is 0 Å². The van der Waals surface area contributed by atoms with Gasteiger partial charge in [0.05, 0.1) is 5.92 Å². The normalized spacial score (nSPS) is 27.1. The Morgan fingerprint density at radius 2 is 2.07 bits per heavy atom. The second-order valence-corrected chi connectivity index (χ2v) is 3.81. The van der Waals surface area contributed by atoms with Gasteiger partial charge in [0.2, 0.25) is 5.91 Å². The van der Waals surface area contributed by atoms with Gasteiger partial charge in [-0.25, -0.2) is 0 Å². The fraction of sp³-hybridized carbons (Fsp3) is 0.700. The van der Waals surface area contributed by atoms with Crippen LogP contribution in [-0.4, -0.2) is 18.1 Å². The fourth-order valence-corrected chi connectivity index (χ4v) is 1.88. The first-order valence-electron chi connectivity index (χ1n) is 4.93. The average molecular weight is 221 g/mol. The molecule has 0 aromatic heterocycles. The number of hydrogen-bond donors (Lipinski definition) is 1. The third-order valence-corrected chi connectivity index (χ3v) is 2.67. The Labute approximate surface area is 86.5 Å². The summed E-state index contributed by atoms with van der Waals surface area (Å²) in [7, 11) is 0. The van der Waals surface area contributed by atoms with E-state index in [0.29, 0.717) is 12.8 Å². The van der Waals surface area contributed by atoms with Crippen molar-refractivity contribution in [3.05, 3.63) is 12.7 Å². The Morgan fingerprint density at radius 3 is 2.60 bits per heavy atom. The predicted molar refractivity (Wildman–Crippen MR) is 50.1 cm³/mol. The van der Waals surface area contributed by atoms with Gasteiger partial charge in [0.15, 0.2) is 0 Å². The molecule has 1 aliphatic carbocycles. The topological polar surface area (TPSA) is 29.1 Å². The van der Waals surface area contributed by atoms with Crippen molar-refractivity contribution in [3.8, 4) is 0 Å². The highest BCUT2D eigenvalue weighted by atomic mass is 19.4. The van der Waals surface area contributed by atoms with E-state index in [0.717, 1.165) is 6.08 Å². The Balaban J connectivity index is 2.49. The van der Waals surface area contributed by atoms with Gasteiger partial charge < -0.3 is 5.32 Å². The molecule has 1 saturated carbocycles. The maximum atomic E-state index is 12.4. The molecule has 15 heavy (non-hydrogen) atoms. The van der Waals surface area contributed by atoms with E-state index < -0.39 is 18.0 Å². The summed E-state index contributed by atoms with van der Waals surface area (Å²) in [5, 5.41) is 2.51. The zero-order chi connectivity index (χ0) is 11.5.